The number of H-pyrrole nitrogens is 1. The smallest absolute Gasteiger partial charge is 0.224 e. The van der Waals surface area contributed by atoms with Crippen LogP contribution < -0.4 is 5.73 Å². The largest absolute Gasteiger partial charge is 0.338 e. The normalized spacial score (nSPS) is 12.5. The minimum Gasteiger partial charge on any atom is -0.338 e. The van der Waals surface area contributed by atoms with E-state index in [4.69, 9.17) is 5.73 Å². The average molecular weight is 239 g/mol. The molecule has 0 radical (unpaired) electrons. The quantitative estimate of drug-likeness (QED) is 0.760. The van der Waals surface area contributed by atoms with Crippen LogP contribution in [0.25, 0.3) is 0 Å². The van der Waals surface area contributed by atoms with Gasteiger partial charge in [0.1, 0.15) is 5.82 Å². The molecule has 0 aliphatic rings. The molecule has 0 saturated heterocycles. The maximum atomic E-state index is 11.8. The monoisotopic (exact) mass is 239 g/mol. The second-order valence-corrected chi connectivity index (χ2v) is 4.34. The molecule has 6 heteroatoms. The molecule has 0 aromatic carbocycles. The van der Waals surface area contributed by atoms with Gasteiger partial charge in [0, 0.05) is 19.5 Å². The molecule has 0 bridgehead atoms. The van der Waals surface area contributed by atoms with E-state index < -0.39 is 0 Å². The number of aryl methyl sites for hydroxylation is 1. The zero-order valence-electron chi connectivity index (χ0n) is 10.7. The summed E-state index contributed by atoms with van der Waals surface area (Å²) in [7, 11) is 1.74. The van der Waals surface area contributed by atoms with E-state index >= 15 is 0 Å². The number of nitrogens with two attached hydrogens (primary N) is 1. The molecular formula is C11H21N5O. The topological polar surface area (TPSA) is 87.9 Å². The first kappa shape index (κ1) is 13.6. The van der Waals surface area contributed by atoms with Crippen LogP contribution in [0.1, 0.15) is 37.8 Å². The highest BCUT2D eigenvalue weighted by Crippen LogP contribution is 2.04. The van der Waals surface area contributed by atoms with Crippen molar-refractivity contribution in [2.45, 2.75) is 45.7 Å². The number of aromatic nitrogens is 3. The minimum absolute atomic E-state index is 0.0356. The highest BCUT2D eigenvalue weighted by Gasteiger charge is 2.14. The zero-order chi connectivity index (χ0) is 12.8. The minimum atomic E-state index is -0.0520. The van der Waals surface area contributed by atoms with E-state index in [1.54, 1.807) is 11.9 Å². The molecule has 0 aliphatic heterocycles. The van der Waals surface area contributed by atoms with Gasteiger partial charge in [-0.2, -0.15) is 5.10 Å². The van der Waals surface area contributed by atoms with Gasteiger partial charge in [0.25, 0.3) is 0 Å². The number of nitrogens with one attached hydrogen (secondary N) is 1. The van der Waals surface area contributed by atoms with Crippen LogP contribution in [-0.4, -0.2) is 39.1 Å². The van der Waals surface area contributed by atoms with E-state index in [1.807, 2.05) is 6.92 Å². The number of rotatable bonds is 6. The molecule has 1 aromatic rings. The predicted octanol–water partition coefficient (Wildman–Crippen LogP) is 0.589. The Morgan fingerprint density at radius 1 is 1.59 bits per heavy atom. The van der Waals surface area contributed by atoms with E-state index in [9.17, 15) is 4.79 Å². The Hall–Kier alpha value is -1.43. The van der Waals surface area contributed by atoms with Gasteiger partial charge in [-0.25, -0.2) is 4.98 Å². The summed E-state index contributed by atoms with van der Waals surface area (Å²) in [6.07, 6.45) is 2.26. The number of nitrogens with zero attached hydrogens (tertiary/aromatic N) is 3. The second kappa shape index (κ2) is 6.34. The molecule has 1 amide bonds. The number of aromatic amines is 1. The molecule has 6 nitrogen and oxygen atoms in total. The van der Waals surface area contributed by atoms with Gasteiger partial charge in [-0.15, -0.1) is 0 Å². The van der Waals surface area contributed by atoms with Gasteiger partial charge < -0.3 is 10.6 Å². The SMILES string of the molecule is CCCC(N)CC(=O)N(C)Cc1n[nH]c(C)n1. The van der Waals surface area contributed by atoms with Gasteiger partial charge in [0.15, 0.2) is 5.82 Å². The van der Waals surface area contributed by atoms with Crippen molar-refractivity contribution in [2.75, 3.05) is 7.05 Å². The Labute approximate surface area is 102 Å². The van der Waals surface area contributed by atoms with Crippen LogP contribution in [0.4, 0.5) is 0 Å². The lowest BCUT2D eigenvalue weighted by molar-refractivity contribution is -0.130. The second-order valence-electron chi connectivity index (χ2n) is 4.34. The van der Waals surface area contributed by atoms with Crippen LogP contribution in [0.3, 0.4) is 0 Å². The van der Waals surface area contributed by atoms with Crippen LogP contribution in [0, 0.1) is 6.92 Å². The summed E-state index contributed by atoms with van der Waals surface area (Å²) in [6.45, 7) is 4.31. The van der Waals surface area contributed by atoms with Gasteiger partial charge in [0.05, 0.1) is 6.54 Å². The Morgan fingerprint density at radius 2 is 2.29 bits per heavy atom. The van der Waals surface area contributed by atoms with Crippen molar-refractivity contribution >= 4 is 5.91 Å². The number of amides is 1. The molecule has 1 aromatic heterocycles. The number of carbonyl (C=O) groups is 1. The number of hydrogen-bond acceptors (Lipinski definition) is 4. The molecule has 1 atom stereocenters. The molecule has 17 heavy (non-hydrogen) atoms. The van der Waals surface area contributed by atoms with Crippen LogP contribution in [0.2, 0.25) is 0 Å². The van der Waals surface area contributed by atoms with E-state index in [1.165, 1.54) is 0 Å². The molecule has 0 fully saturated rings. The highest BCUT2D eigenvalue weighted by atomic mass is 16.2. The van der Waals surface area contributed by atoms with Crippen LogP contribution in [-0.2, 0) is 11.3 Å². The third kappa shape index (κ3) is 4.52. The predicted molar refractivity (Wildman–Crippen MR) is 65.1 cm³/mol. The van der Waals surface area contributed by atoms with Crippen LogP contribution in [0.15, 0.2) is 0 Å². The first-order valence-corrected chi connectivity index (χ1v) is 5.90. The van der Waals surface area contributed by atoms with Gasteiger partial charge in [-0.3, -0.25) is 9.89 Å². The van der Waals surface area contributed by atoms with Crippen LogP contribution >= 0.6 is 0 Å². The lowest BCUT2D eigenvalue weighted by atomic mass is 10.1. The molecule has 0 spiro atoms. The summed E-state index contributed by atoms with van der Waals surface area (Å²) in [5.41, 5.74) is 5.84. The summed E-state index contributed by atoms with van der Waals surface area (Å²) in [5, 5.41) is 6.74. The summed E-state index contributed by atoms with van der Waals surface area (Å²) in [6, 6.07) is -0.0520. The number of hydrogen-bond donors (Lipinski definition) is 2. The molecule has 1 unspecified atom stereocenters. The molecule has 3 N–H and O–H groups in total. The molecule has 0 aliphatic carbocycles. The van der Waals surface area contributed by atoms with Gasteiger partial charge in [-0.1, -0.05) is 13.3 Å². The van der Waals surface area contributed by atoms with E-state index in [2.05, 4.69) is 22.1 Å². The molecule has 1 rings (SSSR count). The lowest BCUT2D eigenvalue weighted by Gasteiger charge is -2.17. The maximum absolute atomic E-state index is 11.8. The standard InChI is InChI=1S/C11H21N5O/c1-4-5-9(12)6-11(17)16(3)7-10-13-8(2)14-15-10/h9H,4-7,12H2,1-3H3,(H,13,14,15). The first-order valence-electron chi connectivity index (χ1n) is 5.90. The zero-order valence-corrected chi connectivity index (χ0v) is 10.7. The van der Waals surface area contributed by atoms with Crippen molar-refractivity contribution in [2.24, 2.45) is 5.73 Å². The Kier molecular flexibility index (Phi) is 5.09. The number of carbonyl (C=O) groups excluding carboxylic acids is 1. The fraction of sp³-hybridized carbons (Fsp3) is 0.727. The van der Waals surface area contributed by atoms with E-state index in [-0.39, 0.29) is 11.9 Å². The summed E-state index contributed by atoms with van der Waals surface area (Å²) >= 11 is 0. The summed E-state index contributed by atoms with van der Waals surface area (Å²) in [5.74, 6) is 1.42. The Balaban J connectivity index is 2.41. The first-order chi connectivity index (χ1) is 8.02. The Morgan fingerprint density at radius 3 is 2.82 bits per heavy atom. The Bertz CT molecular complexity index is 362. The third-order valence-corrected chi connectivity index (χ3v) is 2.54. The summed E-state index contributed by atoms with van der Waals surface area (Å²) in [4.78, 5) is 17.6. The molecule has 1 heterocycles. The fourth-order valence-electron chi connectivity index (χ4n) is 1.61. The van der Waals surface area contributed by atoms with Gasteiger partial charge >= 0.3 is 0 Å². The maximum Gasteiger partial charge on any atom is 0.224 e. The highest BCUT2D eigenvalue weighted by molar-refractivity contribution is 5.76. The molecule has 96 valence electrons. The molecule has 0 saturated carbocycles. The van der Waals surface area contributed by atoms with Crippen molar-refractivity contribution in [1.82, 2.24) is 20.1 Å². The fourth-order valence-corrected chi connectivity index (χ4v) is 1.61. The van der Waals surface area contributed by atoms with Crippen molar-refractivity contribution in [3.63, 3.8) is 0 Å². The lowest BCUT2D eigenvalue weighted by Crippen LogP contribution is -2.33. The molecular weight excluding hydrogens is 218 g/mol. The van der Waals surface area contributed by atoms with Crippen molar-refractivity contribution in [3.8, 4) is 0 Å². The van der Waals surface area contributed by atoms with Gasteiger partial charge in [0.2, 0.25) is 5.91 Å². The van der Waals surface area contributed by atoms with E-state index in [0.717, 1.165) is 18.7 Å². The van der Waals surface area contributed by atoms with Gasteiger partial charge in [-0.05, 0) is 13.3 Å². The summed E-state index contributed by atoms with van der Waals surface area (Å²) < 4.78 is 0. The third-order valence-electron chi connectivity index (χ3n) is 2.54. The van der Waals surface area contributed by atoms with Crippen LogP contribution in [0.5, 0.6) is 0 Å². The van der Waals surface area contributed by atoms with Crippen molar-refractivity contribution in [1.29, 1.82) is 0 Å². The van der Waals surface area contributed by atoms with Crippen molar-refractivity contribution < 1.29 is 4.79 Å². The van der Waals surface area contributed by atoms with E-state index in [0.29, 0.717) is 18.8 Å². The van der Waals surface area contributed by atoms with Crippen molar-refractivity contribution in [3.05, 3.63) is 11.6 Å². The average Bonchev–Trinajstić information content (AvgIpc) is 2.64.